The van der Waals surface area contributed by atoms with Crippen molar-refractivity contribution in [3.05, 3.63) is 66.2 Å². The number of rotatable bonds is 11. The Balaban J connectivity index is 0.000000367. The Morgan fingerprint density at radius 2 is 1.57 bits per heavy atom. The smallest absolute Gasteiger partial charge is 0.339 e. The minimum Gasteiger partial charge on any atom is -0.460 e. The molecule has 1 N–H and O–H groups in total. The van der Waals surface area contributed by atoms with Gasteiger partial charge in [-0.25, -0.2) is 4.79 Å². The van der Waals surface area contributed by atoms with Gasteiger partial charge in [-0.05, 0) is 36.2 Å². The molecule has 1 aliphatic rings. The molecule has 0 radical (unpaired) electrons. The van der Waals surface area contributed by atoms with Crippen molar-refractivity contribution in [2.45, 2.75) is 58.3 Å². The summed E-state index contributed by atoms with van der Waals surface area (Å²) in [5.41, 5.74) is 0.779. The molecule has 1 aliphatic carbocycles. The number of carbonyl (C=O) groups is 1. The molecule has 0 aliphatic heterocycles. The number of ether oxygens (including phenoxy) is 1. The Kier molecular flexibility index (Phi) is 11.6. The number of carbonyl (C=O) groups excluding carboxylic acids is 1. The molecule has 3 atom stereocenters. The largest absolute Gasteiger partial charge is 0.460 e. The van der Waals surface area contributed by atoms with Gasteiger partial charge in [-0.1, -0.05) is 51.1 Å². The highest BCUT2D eigenvalue weighted by molar-refractivity contribution is 5.76. The van der Waals surface area contributed by atoms with Crippen LogP contribution in [-0.4, -0.2) is 51.8 Å². The number of aliphatic hydroxyl groups excluding tert-OH is 1. The van der Waals surface area contributed by atoms with Crippen LogP contribution in [0.5, 0.6) is 0 Å². The lowest BCUT2D eigenvalue weighted by atomic mass is 9.71. The Morgan fingerprint density at radius 1 is 1.03 bits per heavy atom. The Bertz CT molecular complexity index is 833. The summed E-state index contributed by atoms with van der Waals surface area (Å²) in [5, 5.41) is 35.6. The van der Waals surface area contributed by atoms with E-state index in [-0.39, 0.29) is 11.5 Å². The molecule has 0 bridgehead atoms. The molecule has 35 heavy (non-hydrogen) atoms. The summed E-state index contributed by atoms with van der Waals surface area (Å²) in [5.74, 6) is 0.0107. The third-order valence-corrected chi connectivity index (χ3v) is 4.93. The van der Waals surface area contributed by atoms with Gasteiger partial charge in [0.2, 0.25) is 0 Å². The first-order chi connectivity index (χ1) is 16.3. The van der Waals surface area contributed by atoms with Crippen molar-refractivity contribution in [2.24, 2.45) is 11.3 Å². The second-order valence-corrected chi connectivity index (χ2v) is 8.78. The lowest BCUT2D eigenvalue weighted by Crippen LogP contribution is -2.35. The van der Waals surface area contributed by atoms with E-state index in [1.807, 2.05) is 6.07 Å². The molecule has 1 aromatic carbocycles. The highest BCUT2D eigenvalue weighted by atomic mass is 17.0. The van der Waals surface area contributed by atoms with E-state index in [4.69, 9.17) is 4.74 Å². The molecule has 0 saturated heterocycles. The molecule has 2 rings (SSSR count). The van der Waals surface area contributed by atoms with E-state index >= 15 is 0 Å². The molecule has 1 saturated carbocycles. The lowest BCUT2D eigenvalue weighted by Gasteiger charge is -2.38. The Morgan fingerprint density at radius 3 is 2.03 bits per heavy atom. The van der Waals surface area contributed by atoms with Crippen LogP contribution in [0.1, 0.15) is 51.7 Å². The molecule has 3 unspecified atom stereocenters. The number of hydrogen-bond acceptors (Lipinski definition) is 12. The summed E-state index contributed by atoms with van der Waals surface area (Å²) in [7, 11) is 0. The topological polar surface area (TPSA) is 204 Å². The number of benzene rings is 1. The number of nitrogens with zero attached hydrogens (tertiary/aromatic N) is 3. The zero-order chi connectivity index (χ0) is 26.6. The van der Waals surface area contributed by atoms with Crippen LogP contribution in [0.15, 0.2) is 30.3 Å². The average Bonchev–Trinajstić information content (AvgIpc) is 2.74. The SMILES string of the molecule is CC1CC(OC(=O)C(O)c2ccccc2)CC(C)(C)C1.O=[N+]([O-])OCC(CO[N+](=O)[O-])O[N+](=O)[O-]. The van der Waals surface area contributed by atoms with Gasteiger partial charge in [-0.2, -0.15) is 0 Å². The van der Waals surface area contributed by atoms with Gasteiger partial charge in [0, 0.05) is 0 Å². The molecular formula is C20H29N3O12. The van der Waals surface area contributed by atoms with Gasteiger partial charge in [0.05, 0.1) is 0 Å². The monoisotopic (exact) mass is 503 g/mol. The molecule has 0 aromatic heterocycles. The fourth-order valence-electron chi connectivity index (χ4n) is 3.87. The minimum atomic E-state index is -1.55. The van der Waals surface area contributed by atoms with Crippen molar-refractivity contribution in [3.8, 4) is 0 Å². The van der Waals surface area contributed by atoms with Crippen molar-refractivity contribution in [3.63, 3.8) is 0 Å². The van der Waals surface area contributed by atoms with Gasteiger partial charge >= 0.3 is 5.97 Å². The molecule has 1 fully saturated rings. The minimum absolute atomic E-state index is 0.0837. The van der Waals surface area contributed by atoms with Crippen molar-refractivity contribution >= 4 is 5.97 Å². The zero-order valence-corrected chi connectivity index (χ0v) is 19.5. The van der Waals surface area contributed by atoms with Crippen LogP contribution in [-0.2, 0) is 24.0 Å². The van der Waals surface area contributed by atoms with Crippen LogP contribution in [0.2, 0.25) is 0 Å². The van der Waals surface area contributed by atoms with Gasteiger partial charge in [-0.3, -0.25) is 0 Å². The predicted octanol–water partition coefficient (Wildman–Crippen LogP) is 2.46. The maximum Gasteiger partial charge on any atom is 0.339 e. The summed E-state index contributed by atoms with van der Waals surface area (Å²) >= 11 is 0. The zero-order valence-electron chi connectivity index (χ0n) is 19.5. The molecule has 196 valence electrons. The molecule has 1 aromatic rings. The Labute approximate surface area is 200 Å². The van der Waals surface area contributed by atoms with Crippen LogP contribution in [0.4, 0.5) is 0 Å². The molecule has 15 nitrogen and oxygen atoms in total. The van der Waals surface area contributed by atoms with Crippen LogP contribution < -0.4 is 0 Å². The summed E-state index contributed by atoms with van der Waals surface area (Å²) in [4.78, 5) is 52.6. The summed E-state index contributed by atoms with van der Waals surface area (Å²) in [6, 6.07) is 8.93. The van der Waals surface area contributed by atoms with Crippen molar-refractivity contribution in [2.75, 3.05) is 13.2 Å². The van der Waals surface area contributed by atoms with E-state index < -0.39 is 46.7 Å². The molecule has 15 heteroatoms. The summed E-state index contributed by atoms with van der Waals surface area (Å²) in [6.07, 6.45) is 0.0933. The molecule has 0 amide bonds. The average molecular weight is 503 g/mol. The molecule has 0 spiro atoms. The second-order valence-electron chi connectivity index (χ2n) is 8.78. The van der Waals surface area contributed by atoms with Gasteiger partial charge < -0.3 is 24.4 Å². The van der Waals surface area contributed by atoms with Crippen molar-refractivity contribution in [1.29, 1.82) is 0 Å². The van der Waals surface area contributed by atoms with Crippen LogP contribution in [0, 0.1) is 41.7 Å². The second kappa shape index (κ2) is 13.8. The van der Waals surface area contributed by atoms with Crippen molar-refractivity contribution in [1.82, 2.24) is 0 Å². The maximum absolute atomic E-state index is 12.1. The first kappa shape index (κ1) is 29.3. The molecule has 0 heterocycles. The normalized spacial score (nSPS) is 19.3. The number of hydrogen-bond donors (Lipinski definition) is 1. The fourth-order valence-corrected chi connectivity index (χ4v) is 3.87. The molecular weight excluding hydrogens is 474 g/mol. The standard InChI is InChI=1S/C17H24O3.C3H5N3O9/c1-12-9-14(11-17(2,3)10-12)20-16(19)15(18)13-7-5-4-6-8-13;7-4(8)13-1-3(15-6(11)12)2-14-5(9)10/h4-8,12,14-15,18H,9-11H2,1-3H3;3H,1-2H2. The van der Waals surface area contributed by atoms with Crippen LogP contribution >= 0.6 is 0 Å². The van der Waals surface area contributed by atoms with Crippen LogP contribution in [0.25, 0.3) is 0 Å². The number of esters is 1. The quantitative estimate of drug-likeness (QED) is 0.263. The first-order valence-corrected chi connectivity index (χ1v) is 10.6. The van der Waals surface area contributed by atoms with E-state index in [1.54, 1.807) is 24.3 Å². The maximum atomic E-state index is 12.1. The van der Waals surface area contributed by atoms with Crippen LogP contribution in [0.3, 0.4) is 0 Å². The van der Waals surface area contributed by atoms with Gasteiger partial charge in [0.1, 0.15) is 19.3 Å². The van der Waals surface area contributed by atoms with E-state index in [0.29, 0.717) is 11.5 Å². The van der Waals surface area contributed by atoms with Gasteiger partial charge in [0.25, 0.3) is 15.3 Å². The van der Waals surface area contributed by atoms with E-state index in [2.05, 4.69) is 35.3 Å². The van der Waals surface area contributed by atoms with Gasteiger partial charge in [-0.15, -0.1) is 30.3 Å². The first-order valence-electron chi connectivity index (χ1n) is 10.6. The number of aliphatic hydroxyl groups is 1. The Hall–Kier alpha value is -3.75. The summed E-state index contributed by atoms with van der Waals surface area (Å²) in [6.45, 7) is 4.91. The van der Waals surface area contributed by atoms with Crippen molar-refractivity contribution < 1.29 is 44.4 Å². The van der Waals surface area contributed by atoms with Gasteiger partial charge in [0.15, 0.2) is 12.2 Å². The third-order valence-electron chi connectivity index (χ3n) is 4.93. The lowest BCUT2D eigenvalue weighted by molar-refractivity contribution is -0.803. The highest BCUT2D eigenvalue weighted by Crippen LogP contribution is 2.40. The van der Waals surface area contributed by atoms with E-state index in [1.165, 1.54) is 0 Å². The highest BCUT2D eigenvalue weighted by Gasteiger charge is 2.35. The summed E-state index contributed by atoms with van der Waals surface area (Å²) < 4.78 is 5.52. The fraction of sp³-hybridized carbons (Fsp3) is 0.650. The van der Waals surface area contributed by atoms with E-state index in [0.717, 1.165) is 19.3 Å². The third kappa shape index (κ3) is 12.3. The predicted molar refractivity (Wildman–Crippen MR) is 116 cm³/mol. The van der Waals surface area contributed by atoms with E-state index in [9.17, 15) is 40.2 Å².